The lowest BCUT2D eigenvalue weighted by Crippen LogP contribution is -2.10. The fourth-order valence-corrected chi connectivity index (χ4v) is 1.33. The van der Waals surface area contributed by atoms with Crippen molar-refractivity contribution in [2.75, 3.05) is 12.8 Å². The molecular weight excluding hydrogens is 208 g/mol. The molecule has 0 radical (unpaired) electrons. The fourth-order valence-electron chi connectivity index (χ4n) is 1.33. The minimum absolute atomic E-state index is 0.248. The number of aromatic nitrogens is 3. The highest BCUT2D eigenvalue weighted by molar-refractivity contribution is 5.96. The molecule has 2 rings (SSSR count). The van der Waals surface area contributed by atoms with E-state index in [0.29, 0.717) is 5.82 Å². The average molecular weight is 218 g/mol. The number of anilines is 1. The van der Waals surface area contributed by atoms with Crippen LogP contribution in [0.25, 0.3) is 5.82 Å². The van der Waals surface area contributed by atoms with Crippen LogP contribution in [0, 0.1) is 0 Å². The lowest BCUT2D eigenvalue weighted by Gasteiger charge is -2.07. The minimum Gasteiger partial charge on any atom is -0.465 e. The first-order chi connectivity index (χ1) is 7.74. The molecule has 0 aliphatic heterocycles. The molecule has 0 saturated carbocycles. The molecule has 0 aliphatic carbocycles. The van der Waals surface area contributed by atoms with Gasteiger partial charge >= 0.3 is 5.97 Å². The monoisotopic (exact) mass is 218 g/mol. The first-order valence-corrected chi connectivity index (χ1v) is 4.57. The number of nitrogen functional groups attached to an aromatic ring is 1. The van der Waals surface area contributed by atoms with Gasteiger partial charge in [-0.05, 0) is 12.1 Å². The predicted molar refractivity (Wildman–Crippen MR) is 57.1 cm³/mol. The summed E-state index contributed by atoms with van der Waals surface area (Å²) in [7, 11) is 1.30. The van der Waals surface area contributed by atoms with Gasteiger partial charge in [-0.3, -0.25) is 0 Å². The molecule has 2 aromatic rings. The number of carbonyl (C=O) groups is 1. The molecule has 0 unspecified atom stereocenters. The summed E-state index contributed by atoms with van der Waals surface area (Å²) in [5.74, 6) is -0.0822. The van der Waals surface area contributed by atoms with Crippen LogP contribution in [0.15, 0.2) is 30.7 Å². The van der Waals surface area contributed by atoms with Gasteiger partial charge in [0.05, 0.1) is 18.4 Å². The van der Waals surface area contributed by atoms with E-state index in [1.807, 2.05) is 0 Å². The average Bonchev–Trinajstić information content (AvgIpc) is 2.82. The standard InChI is InChI=1S/C10H10N4O2/c1-16-10(15)7-3-5-12-9(8(7)11)14-6-2-4-13-14/h2-6H,11H2,1H3. The zero-order valence-corrected chi connectivity index (χ0v) is 8.62. The largest absolute Gasteiger partial charge is 0.465 e. The van der Waals surface area contributed by atoms with Crippen LogP contribution in [-0.2, 0) is 4.74 Å². The summed E-state index contributed by atoms with van der Waals surface area (Å²) in [6.07, 6.45) is 4.78. The molecule has 0 amide bonds. The van der Waals surface area contributed by atoms with Crippen LogP contribution < -0.4 is 5.73 Å². The van der Waals surface area contributed by atoms with Crippen LogP contribution in [0.5, 0.6) is 0 Å². The zero-order valence-electron chi connectivity index (χ0n) is 8.62. The van der Waals surface area contributed by atoms with Crippen LogP contribution in [0.4, 0.5) is 5.69 Å². The molecule has 0 bridgehead atoms. The summed E-state index contributed by atoms with van der Waals surface area (Å²) in [6.45, 7) is 0. The summed E-state index contributed by atoms with van der Waals surface area (Å²) in [5, 5.41) is 4.00. The van der Waals surface area contributed by atoms with Gasteiger partial charge in [0.2, 0.25) is 0 Å². The quantitative estimate of drug-likeness (QED) is 0.748. The molecule has 82 valence electrons. The van der Waals surface area contributed by atoms with Crippen molar-refractivity contribution in [1.29, 1.82) is 0 Å². The zero-order chi connectivity index (χ0) is 11.5. The van der Waals surface area contributed by atoms with Gasteiger partial charge in [-0.2, -0.15) is 5.10 Å². The second kappa shape index (κ2) is 4.01. The van der Waals surface area contributed by atoms with Crippen LogP contribution in [-0.4, -0.2) is 27.8 Å². The van der Waals surface area contributed by atoms with Crippen molar-refractivity contribution in [2.45, 2.75) is 0 Å². The lowest BCUT2D eigenvalue weighted by atomic mass is 10.2. The molecular formula is C10H10N4O2. The van der Waals surface area contributed by atoms with E-state index in [-0.39, 0.29) is 11.3 Å². The number of hydrogen-bond donors (Lipinski definition) is 1. The maximum atomic E-state index is 11.4. The molecule has 0 aromatic carbocycles. The maximum Gasteiger partial charge on any atom is 0.340 e. The third-order valence-corrected chi connectivity index (χ3v) is 2.10. The number of ether oxygens (including phenoxy) is 1. The fraction of sp³-hybridized carbons (Fsp3) is 0.100. The van der Waals surface area contributed by atoms with E-state index in [2.05, 4.69) is 14.8 Å². The van der Waals surface area contributed by atoms with E-state index in [4.69, 9.17) is 5.73 Å². The summed E-state index contributed by atoms with van der Waals surface area (Å²) in [4.78, 5) is 15.5. The van der Waals surface area contributed by atoms with E-state index in [9.17, 15) is 4.79 Å². The molecule has 2 aromatic heterocycles. The van der Waals surface area contributed by atoms with Gasteiger partial charge in [0.25, 0.3) is 0 Å². The Bertz CT molecular complexity index is 508. The van der Waals surface area contributed by atoms with Gasteiger partial charge in [0, 0.05) is 18.6 Å². The van der Waals surface area contributed by atoms with Crippen LogP contribution in [0.3, 0.4) is 0 Å². The van der Waals surface area contributed by atoms with Gasteiger partial charge < -0.3 is 10.5 Å². The van der Waals surface area contributed by atoms with Gasteiger partial charge in [0.1, 0.15) is 0 Å². The third kappa shape index (κ3) is 1.60. The highest BCUT2D eigenvalue weighted by Gasteiger charge is 2.14. The van der Waals surface area contributed by atoms with E-state index < -0.39 is 5.97 Å². The number of esters is 1. The molecule has 0 atom stereocenters. The van der Waals surface area contributed by atoms with Crippen molar-refractivity contribution in [1.82, 2.24) is 14.8 Å². The molecule has 0 aliphatic rings. The number of carbonyl (C=O) groups excluding carboxylic acids is 1. The number of methoxy groups -OCH3 is 1. The van der Waals surface area contributed by atoms with Crippen molar-refractivity contribution in [2.24, 2.45) is 0 Å². The second-order valence-corrected chi connectivity index (χ2v) is 3.04. The smallest absolute Gasteiger partial charge is 0.340 e. The summed E-state index contributed by atoms with van der Waals surface area (Å²) < 4.78 is 6.10. The first kappa shape index (κ1) is 10.2. The van der Waals surface area contributed by atoms with E-state index in [1.54, 1.807) is 18.5 Å². The van der Waals surface area contributed by atoms with Gasteiger partial charge in [-0.25, -0.2) is 14.5 Å². The highest BCUT2D eigenvalue weighted by atomic mass is 16.5. The molecule has 16 heavy (non-hydrogen) atoms. The molecule has 6 nitrogen and oxygen atoms in total. The molecule has 0 spiro atoms. The van der Waals surface area contributed by atoms with Crippen molar-refractivity contribution in [3.63, 3.8) is 0 Å². The normalized spacial score (nSPS) is 10.1. The first-order valence-electron chi connectivity index (χ1n) is 4.57. The van der Waals surface area contributed by atoms with Crippen molar-refractivity contribution in [3.8, 4) is 5.82 Å². The van der Waals surface area contributed by atoms with Crippen molar-refractivity contribution in [3.05, 3.63) is 36.3 Å². The molecule has 0 saturated heterocycles. The van der Waals surface area contributed by atoms with Crippen LogP contribution in [0.1, 0.15) is 10.4 Å². The Morgan fingerprint density at radius 1 is 1.50 bits per heavy atom. The Morgan fingerprint density at radius 2 is 2.31 bits per heavy atom. The SMILES string of the molecule is COC(=O)c1ccnc(-n2cccn2)c1N. The number of pyridine rings is 1. The van der Waals surface area contributed by atoms with Crippen molar-refractivity contribution >= 4 is 11.7 Å². The Morgan fingerprint density at radius 3 is 2.94 bits per heavy atom. The van der Waals surface area contributed by atoms with E-state index >= 15 is 0 Å². The summed E-state index contributed by atoms with van der Waals surface area (Å²) in [6, 6.07) is 3.25. The molecule has 0 fully saturated rings. The predicted octanol–water partition coefficient (Wildman–Crippen LogP) is 0.636. The minimum atomic E-state index is -0.492. The van der Waals surface area contributed by atoms with Crippen molar-refractivity contribution < 1.29 is 9.53 Å². The third-order valence-electron chi connectivity index (χ3n) is 2.10. The van der Waals surface area contributed by atoms with E-state index in [0.717, 1.165) is 0 Å². The second-order valence-electron chi connectivity index (χ2n) is 3.04. The van der Waals surface area contributed by atoms with Gasteiger partial charge in [-0.1, -0.05) is 0 Å². The van der Waals surface area contributed by atoms with Crippen LogP contribution in [0.2, 0.25) is 0 Å². The molecule has 2 heterocycles. The Balaban J connectivity index is 2.53. The lowest BCUT2D eigenvalue weighted by molar-refractivity contribution is 0.0602. The highest BCUT2D eigenvalue weighted by Crippen LogP contribution is 2.18. The number of rotatable bonds is 2. The maximum absolute atomic E-state index is 11.4. The Labute approximate surface area is 91.7 Å². The Kier molecular flexibility index (Phi) is 2.55. The molecule has 2 N–H and O–H groups in total. The Hall–Kier alpha value is -2.37. The van der Waals surface area contributed by atoms with Gasteiger partial charge in [0.15, 0.2) is 5.82 Å². The van der Waals surface area contributed by atoms with E-state index in [1.165, 1.54) is 24.1 Å². The number of nitrogens with zero attached hydrogens (tertiary/aromatic N) is 3. The summed E-state index contributed by atoms with van der Waals surface area (Å²) >= 11 is 0. The molecule has 6 heteroatoms. The summed E-state index contributed by atoms with van der Waals surface area (Å²) in [5.41, 5.74) is 6.36. The number of nitrogens with two attached hydrogens (primary N) is 1. The number of hydrogen-bond acceptors (Lipinski definition) is 5. The van der Waals surface area contributed by atoms with Gasteiger partial charge in [-0.15, -0.1) is 0 Å². The van der Waals surface area contributed by atoms with Crippen LogP contribution >= 0.6 is 0 Å². The topological polar surface area (TPSA) is 83.0 Å².